The van der Waals surface area contributed by atoms with Gasteiger partial charge in [0, 0.05) is 12.1 Å². The van der Waals surface area contributed by atoms with Crippen molar-refractivity contribution in [3.63, 3.8) is 0 Å². The van der Waals surface area contributed by atoms with Gasteiger partial charge in [0.05, 0.1) is 39.6 Å². The summed E-state index contributed by atoms with van der Waals surface area (Å²) in [7, 11) is 4.54. The van der Waals surface area contributed by atoms with Gasteiger partial charge in [-0.15, -0.1) is 0 Å². The Morgan fingerprint density at radius 2 is 1.27 bits per heavy atom. The van der Waals surface area contributed by atoms with E-state index in [1.165, 1.54) is 7.11 Å². The number of carbonyl (C=O) groups is 4. The SMILES string of the molecule is COC(=O)C1=C(C(=O)OC)N2c3ccccc3C=CC2(Cc2ccccc2)C(C(=O)OC)=C1C(=O)OC. The second kappa shape index (κ2) is 10.1. The smallest absolute Gasteiger partial charge is 0.355 e. The molecule has 9 heteroatoms. The first kappa shape index (κ1) is 25.4. The van der Waals surface area contributed by atoms with Crippen molar-refractivity contribution in [3.05, 3.63) is 94.2 Å². The molecule has 0 saturated heterocycles. The Hall–Kier alpha value is -4.66. The van der Waals surface area contributed by atoms with Crippen molar-refractivity contribution in [3.8, 4) is 0 Å². The van der Waals surface area contributed by atoms with Crippen LogP contribution < -0.4 is 4.90 Å². The number of hydrogen-bond donors (Lipinski definition) is 0. The van der Waals surface area contributed by atoms with Crippen LogP contribution in [0.5, 0.6) is 0 Å². The summed E-state index contributed by atoms with van der Waals surface area (Å²) >= 11 is 0. The fourth-order valence-electron chi connectivity index (χ4n) is 4.85. The maximum Gasteiger partial charge on any atom is 0.355 e. The van der Waals surface area contributed by atoms with Crippen LogP contribution in [0.25, 0.3) is 6.08 Å². The van der Waals surface area contributed by atoms with E-state index in [1.807, 2.05) is 42.5 Å². The standard InChI is InChI=1S/C28H25NO8/c1-34-24(30)20-21(25(31)35-2)23(27(33)37-4)29-19-13-9-8-12-18(19)14-15-28(29,22(20)26(32)36-3)16-17-10-6-5-7-11-17/h5-15H,16H2,1-4H3. The van der Waals surface area contributed by atoms with Crippen LogP contribution >= 0.6 is 0 Å². The molecule has 2 aromatic carbocycles. The highest BCUT2D eigenvalue weighted by Crippen LogP contribution is 2.50. The maximum absolute atomic E-state index is 13.5. The lowest BCUT2D eigenvalue weighted by Crippen LogP contribution is -2.58. The predicted molar refractivity (Wildman–Crippen MR) is 133 cm³/mol. The van der Waals surface area contributed by atoms with Crippen molar-refractivity contribution in [2.45, 2.75) is 12.0 Å². The Balaban J connectivity index is 2.24. The minimum absolute atomic E-state index is 0.124. The lowest BCUT2D eigenvalue weighted by molar-refractivity contribution is -0.142. The van der Waals surface area contributed by atoms with Crippen molar-refractivity contribution in [2.75, 3.05) is 33.3 Å². The Bertz CT molecular complexity index is 1370. The molecule has 190 valence electrons. The summed E-state index contributed by atoms with van der Waals surface area (Å²) in [6.45, 7) is 0. The highest BCUT2D eigenvalue weighted by atomic mass is 16.5. The molecule has 2 heterocycles. The summed E-state index contributed by atoms with van der Waals surface area (Å²) in [6.07, 6.45) is 3.64. The molecule has 2 aromatic rings. The van der Waals surface area contributed by atoms with Gasteiger partial charge >= 0.3 is 23.9 Å². The first-order valence-corrected chi connectivity index (χ1v) is 11.3. The highest BCUT2D eigenvalue weighted by molar-refractivity contribution is 6.19. The van der Waals surface area contributed by atoms with Gasteiger partial charge in [0.1, 0.15) is 16.8 Å². The summed E-state index contributed by atoms with van der Waals surface area (Å²) in [5.74, 6) is -3.83. The molecule has 0 fully saturated rings. The van der Waals surface area contributed by atoms with Crippen LogP contribution in [0.3, 0.4) is 0 Å². The van der Waals surface area contributed by atoms with E-state index in [0.29, 0.717) is 11.3 Å². The summed E-state index contributed by atoms with van der Waals surface area (Å²) in [5, 5.41) is 0. The predicted octanol–water partition coefficient (Wildman–Crippen LogP) is 2.76. The number of benzene rings is 2. The normalized spacial score (nSPS) is 18.0. The molecule has 0 spiro atoms. The van der Waals surface area contributed by atoms with Gasteiger partial charge in [-0.2, -0.15) is 0 Å². The molecule has 4 rings (SSSR count). The molecule has 9 nitrogen and oxygen atoms in total. The van der Waals surface area contributed by atoms with Gasteiger partial charge in [-0.25, -0.2) is 19.2 Å². The van der Waals surface area contributed by atoms with E-state index in [0.717, 1.165) is 26.9 Å². The lowest BCUT2D eigenvalue weighted by atomic mass is 9.71. The van der Waals surface area contributed by atoms with Gasteiger partial charge < -0.3 is 23.8 Å². The first-order valence-electron chi connectivity index (χ1n) is 11.3. The molecule has 0 radical (unpaired) electrons. The van der Waals surface area contributed by atoms with Crippen molar-refractivity contribution in [1.82, 2.24) is 0 Å². The number of para-hydroxylation sites is 1. The summed E-state index contributed by atoms with van der Waals surface area (Å²) in [5.41, 5.74) is -0.816. The Kier molecular flexibility index (Phi) is 6.97. The number of ether oxygens (including phenoxy) is 4. The molecule has 2 aliphatic rings. The number of carbonyl (C=O) groups excluding carboxylic acids is 4. The van der Waals surface area contributed by atoms with Gasteiger partial charge in [0.25, 0.3) is 0 Å². The third-order valence-electron chi connectivity index (χ3n) is 6.37. The molecule has 0 aliphatic carbocycles. The summed E-state index contributed by atoms with van der Waals surface area (Å²) < 4.78 is 20.2. The maximum atomic E-state index is 13.5. The average Bonchev–Trinajstić information content (AvgIpc) is 2.94. The number of esters is 4. The third kappa shape index (κ3) is 4.08. The molecule has 1 atom stereocenters. The van der Waals surface area contributed by atoms with Gasteiger partial charge in [0.15, 0.2) is 0 Å². The Morgan fingerprint density at radius 3 is 1.89 bits per heavy atom. The second-order valence-corrected chi connectivity index (χ2v) is 8.25. The minimum atomic E-state index is -1.48. The van der Waals surface area contributed by atoms with Crippen molar-refractivity contribution in [2.24, 2.45) is 0 Å². The van der Waals surface area contributed by atoms with E-state index >= 15 is 0 Å². The van der Waals surface area contributed by atoms with Crippen LogP contribution in [-0.4, -0.2) is 57.9 Å². The van der Waals surface area contributed by atoms with E-state index in [4.69, 9.17) is 18.9 Å². The van der Waals surface area contributed by atoms with Crippen LogP contribution in [0.15, 0.2) is 83.1 Å². The highest BCUT2D eigenvalue weighted by Gasteiger charge is 2.56. The number of methoxy groups -OCH3 is 4. The van der Waals surface area contributed by atoms with Crippen LogP contribution in [-0.2, 0) is 44.5 Å². The van der Waals surface area contributed by atoms with E-state index in [9.17, 15) is 19.2 Å². The van der Waals surface area contributed by atoms with Gasteiger partial charge in [-0.05, 0) is 17.2 Å². The zero-order chi connectivity index (χ0) is 26.7. The van der Waals surface area contributed by atoms with Crippen molar-refractivity contribution >= 4 is 35.6 Å². The molecule has 0 N–H and O–H groups in total. The Labute approximate surface area is 213 Å². The lowest BCUT2D eigenvalue weighted by Gasteiger charge is -2.50. The van der Waals surface area contributed by atoms with Gasteiger partial charge in [0.2, 0.25) is 0 Å². The largest absolute Gasteiger partial charge is 0.466 e. The van der Waals surface area contributed by atoms with E-state index in [2.05, 4.69) is 0 Å². The minimum Gasteiger partial charge on any atom is -0.466 e. The topological polar surface area (TPSA) is 108 Å². The first-order chi connectivity index (χ1) is 17.8. The van der Waals surface area contributed by atoms with Gasteiger partial charge in [-0.3, -0.25) is 0 Å². The third-order valence-corrected chi connectivity index (χ3v) is 6.37. The average molecular weight is 504 g/mol. The van der Waals surface area contributed by atoms with E-state index in [-0.39, 0.29) is 17.7 Å². The molecule has 0 aromatic heterocycles. The van der Waals surface area contributed by atoms with E-state index < -0.39 is 40.6 Å². The number of anilines is 1. The number of rotatable bonds is 6. The summed E-state index contributed by atoms with van der Waals surface area (Å²) in [6, 6.07) is 16.4. The molecule has 0 amide bonds. The molecule has 2 aliphatic heterocycles. The molecule has 0 bridgehead atoms. The Morgan fingerprint density at radius 1 is 0.703 bits per heavy atom. The zero-order valence-electron chi connectivity index (χ0n) is 20.8. The molecule has 37 heavy (non-hydrogen) atoms. The molecular weight excluding hydrogens is 478 g/mol. The molecular formula is C28H25NO8. The fraction of sp³-hybridized carbons (Fsp3) is 0.214. The fourth-order valence-corrected chi connectivity index (χ4v) is 4.85. The van der Waals surface area contributed by atoms with Crippen LogP contribution in [0, 0.1) is 0 Å². The summed E-state index contributed by atoms with van der Waals surface area (Å²) in [4.78, 5) is 55.0. The van der Waals surface area contributed by atoms with Crippen molar-refractivity contribution in [1.29, 1.82) is 0 Å². The monoisotopic (exact) mass is 503 g/mol. The molecule has 1 unspecified atom stereocenters. The van der Waals surface area contributed by atoms with E-state index in [1.54, 1.807) is 29.2 Å². The number of fused-ring (bicyclic) bond motifs is 3. The second-order valence-electron chi connectivity index (χ2n) is 8.25. The van der Waals surface area contributed by atoms with Gasteiger partial charge in [-0.1, -0.05) is 60.7 Å². The van der Waals surface area contributed by atoms with Crippen LogP contribution in [0.4, 0.5) is 5.69 Å². The molecule has 0 saturated carbocycles. The zero-order valence-corrected chi connectivity index (χ0v) is 20.8. The number of hydrogen-bond acceptors (Lipinski definition) is 9. The van der Waals surface area contributed by atoms with Crippen molar-refractivity contribution < 1.29 is 38.1 Å². The van der Waals surface area contributed by atoms with Crippen LogP contribution in [0.2, 0.25) is 0 Å². The number of nitrogens with zero attached hydrogens (tertiary/aromatic N) is 1. The van der Waals surface area contributed by atoms with Crippen LogP contribution in [0.1, 0.15) is 11.1 Å². The quantitative estimate of drug-likeness (QED) is 0.434.